The van der Waals surface area contributed by atoms with Crippen molar-refractivity contribution in [3.63, 3.8) is 0 Å². The zero-order chi connectivity index (χ0) is 22.9. The Morgan fingerprint density at radius 1 is 1.41 bits per heavy atom. The summed E-state index contributed by atoms with van der Waals surface area (Å²) in [5, 5.41) is 5.82. The van der Waals surface area contributed by atoms with Crippen LogP contribution in [0.5, 0.6) is 0 Å². The van der Waals surface area contributed by atoms with Gasteiger partial charge in [0.15, 0.2) is 5.84 Å². The molecule has 32 heavy (non-hydrogen) atoms. The number of amidine groups is 1. The minimum atomic E-state index is -4.48. The maximum Gasteiger partial charge on any atom is 0.410 e. The number of aliphatic imine (C=N–C) groups is 2. The molecule has 11 heteroatoms. The molecule has 2 aliphatic rings. The van der Waals surface area contributed by atoms with E-state index >= 15 is 0 Å². The number of alkyl halides is 3. The number of aromatic nitrogens is 2. The fraction of sp³-hybridized carbons (Fsp3) is 0.429. The second-order valence-electron chi connectivity index (χ2n) is 7.67. The van der Waals surface area contributed by atoms with Crippen LogP contribution in [0.3, 0.4) is 0 Å². The number of ether oxygens (including phenoxy) is 1. The Hall–Kier alpha value is -3.21. The molecule has 170 valence electrons. The average molecular weight is 447 g/mol. The van der Waals surface area contributed by atoms with E-state index < -0.39 is 12.2 Å². The van der Waals surface area contributed by atoms with Crippen molar-refractivity contribution >= 4 is 29.8 Å². The summed E-state index contributed by atoms with van der Waals surface area (Å²) in [5.74, 6) is 0.554. The first-order valence-electron chi connectivity index (χ1n) is 10.2. The van der Waals surface area contributed by atoms with Crippen molar-refractivity contribution in [3.05, 3.63) is 41.5 Å². The summed E-state index contributed by atoms with van der Waals surface area (Å²) in [7, 11) is 0. The molecule has 1 fully saturated rings. The third-order valence-electron chi connectivity index (χ3n) is 5.59. The molecule has 2 aromatic rings. The highest BCUT2D eigenvalue weighted by Gasteiger charge is 2.44. The SMILES string of the molecule is C=N/C(=C1/C=NN(C(C)C(F)(F)F)/C1=N/Cc1ccnc2[nH]ccc12)N1CCOCC1C. The number of hydrogen-bond donors (Lipinski definition) is 1. The molecule has 8 nitrogen and oxygen atoms in total. The van der Waals surface area contributed by atoms with Crippen LogP contribution in [0.25, 0.3) is 11.0 Å². The molecule has 2 atom stereocenters. The Bertz CT molecular complexity index is 1090. The van der Waals surface area contributed by atoms with Crippen molar-refractivity contribution < 1.29 is 17.9 Å². The normalized spacial score (nSPS) is 23.3. The van der Waals surface area contributed by atoms with Gasteiger partial charge in [-0.2, -0.15) is 18.3 Å². The zero-order valence-corrected chi connectivity index (χ0v) is 17.8. The van der Waals surface area contributed by atoms with Gasteiger partial charge >= 0.3 is 6.18 Å². The van der Waals surface area contributed by atoms with Crippen LogP contribution in [0.15, 0.2) is 51.0 Å². The van der Waals surface area contributed by atoms with E-state index in [9.17, 15) is 13.2 Å². The van der Waals surface area contributed by atoms with Gasteiger partial charge in [-0.3, -0.25) is 4.99 Å². The predicted molar refractivity (Wildman–Crippen MR) is 117 cm³/mol. The second-order valence-corrected chi connectivity index (χ2v) is 7.67. The van der Waals surface area contributed by atoms with E-state index in [2.05, 4.69) is 31.8 Å². The van der Waals surface area contributed by atoms with Crippen molar-refractivity contribution in [2.75, 3.05) is 19.8 Å². The quantitative estimate of drug-likeness (QED) is 0.713. The number of rotatable bonds is 5. The summed E-state index contributed by atoms with van der Waals surface area (Å²) in [5.41, 5.74) is 1.93. The standard InChI is InChI=1S/C21H24F3N7O/c1-13-12-32-9-8-30(13)19(25-3)17-11-29-31(14(2)21(22,23)24)20(17)28-10-15-4-6-26-18-16(15)5-7-27-18/h4-7,11,13-14H,3,8-10,12H2,1-2H3,(H,26,27)/b19-17+,28-20+. The molecule has 1 N–H and O–H groups in total. The third-order valence-corrected chi connectivity index (χ3v) is 5.59. The predicted octanol–water partition coefficient (Wildman–Crippen LogP) is 3.35. The number of hydrogen-bond acceptors (Lipinski definition) is 6. The lowest BCUT2D eigenvalue weighted by Gasteiger charge is -2.35. The first-order valence-corrected chi connectivity index (χ1v) is 10.2. The maximum atomic E-state index is 13.6. The third kappa shape index (κ3) is 4.12. The highest BCUT2D eigenvalue weighted by molar-refractivity contribution is 6.18. The minimum Gasteiger partial charge on any atom is -0.377 e. The molecule has 2 aromatic heterocycles. The van der Waals surface area contributed by atoms with E-state index in [1.165, 1.54) is 6.21 Å². The van der Waals surface area contributed by atoms with Crippen molar-refractivity contribution in [1.82, 2.24) is 19.9 Å². The Morgan fingerprint density at radius 3 is 2.94 bits per heavy atom. The lowest BCUT2D eigenvalue weighted by Crippen LogP contribution is -2.45. The Balaban J connectivity index is 1.77. The molecule has 0 spiro atoms. The fourth-order valence-corrected chi connectivity index (χ4v) is 3.78. The van der Waals surface area contributed by atoms with Crippen molar-refractivity contribution in [2.45, 2.75) is 38.7 Å². The molecule has 2 aliphatic heterocycles. The van der Waals surface area contributed by atoms with Gasteiger partial charge in [-0.15, -0.1) is 0 Å². The van der Waals surface area contributed by atoms with Crippen LogP contribution in [-0.2, 0) is 11.3 Å². The van der Waals surface area contributed by atoms with E-state index in [1.54, 1.807) is 18.5 Å². The first kappa shape index (κ1) is 22.0. The number of halogens is 3. The largest absolute Gasteiger partial charge is 0.410 e. The molecule has 4 rings (SSSR count). The molecular weight excluding hydrogens is 423 g/mol. The van der Waals surface area contributed by atoms with Crippen molar-refractivity contribution in [1.29, 1.82) is 0 Å². The number of aromatic amines is 1. The Morgan fingerprint density at radius 2 is 2.22 bits per heavy atom. The molecule has 0 bridgehead atoms. The molecule has 2 unspecified atom stereocenters. The van der Waals surface area contributed by atoms with Crippen LogP contribution < -0.4 is 0 Å². The smallest absolute Gasteiger partial charge is 0.377 e. The van der Waals surface area contributed by atoms with Crippen LogP contribution in [0.1, 0.15) is 19.4 Å². The van der Waals surface area contributed by atoms with Gasteiger partial charge in [0, 0.05) is 24.3 Å². The first-order chi connectivity index (χ1) is 15.3. The maximum absolute atomic E-state index is 13.6. The van der Waals surface area contributed by atoms with E-state index in [-0.39, 0.29) is 18.4 Å². The van der Waals surface area contributed by atoms with Gasteiger partial charge in [0.25, 0.3) is 0 Å². The van der Waals surface area contributed by atoms with Gasteiger partial charge < -0.3 is 14.6 Å². The van der Waals surface area contributed by atoms with E-state index in [4.69, 9.17) is 4.74 Å². The number of pyridine rings is 1. The van der Waals surface area contributed by atoms with Gasteiger partial charge in [0.1, 0.15) is 17.5 Å². The Kier molecular flexibility index (Phi) is 6.00. The molecule has 1 saturated heterocycles. The highest BCUT2D eigenvalue weighted by Crippen LogP contribution is 2.31. The van der Waals surface area contributed by atoms with Crippen LogP contribution in [-0.4, -0.2) is 76.7 Å². The van der Waals surface area contributed by atoms with Crippen molar-refractivity contribution in [3.8, 4) is 0 Å². The summed E-state index contributed by atoms with van der Waals surface area (Å²) in [4.78, 5) is 18.0. The van der Waals surface area contributed by atoms with Crippen LogP contribution in [0.2, 0.25) is 0 Å². The molecule has 0 radical (unpaired) electrons. The number of nitrogens with one attached hydrogen (secondary N) is 1. The molecule has 0 aliphatic carbocycles. The summed E-state index contributed by atoms with van der Waals surface area (Å²) in [6.45, 7) is 8.36. The van der Waals surface area contributed by atoms with Gasteiger partial charge in [0.2, 0.25) is 0 Å². The summed E-state index contributed by atoms with van der Waals surface area (Å²) >= 11 is 0. The molecule has 0 aromatic carbocycles. The second kappa shape index (κ2) is 8.73. The van der Waals surface area contributed by atoms with Gasteiger partial charge in [0.05, 0.1) is 37.6 Å². The van der Waals surface area contributed by atoms with E-state index in [1.807, 2.05) is 17.9 Å². The van der Waals surface area contributed by atoms with E-state index in [0.717, 1.165) is 22.9 Å². The van der Waals surface area contributed by atoms with Gasteiger partial charge in [-0.1, -0.05) is 0 Å². The number of morpholine rings is 1. The fourth-order valence-electron chi connectivity index (χ4n) is 3.78. The highest BCUT2D eigenvalue weighted by atomic mass is 19.4. The van der Waals surface area contributed by atoms with Crippen LogP contribution in [0, 0.1) is 0 Å². The Labute approximate surface area is 183 Å². The van der Waals surface area contributed by atoms with Crippen LogP contribution in [0.4, 0.5) is 13.2 Å². The monoisotopic (exact) mass is 447 g/mol. The van der Waals surface area contributed by atoms with E-state index in [0.29, 0.717) is 36.8 Å². The summed E-state index contributed by atoms with van der Waals surface area (Å²) in [6.07, 6.45) is 0.298. The molecule has 4 heterocycles. The zero-order valence-electron chi connectivity index (χ0n) is 17.8. The lowest BCUT2D eigenvalue weighted by molar-refractivity contribution is -0.168. The number of H-pyrrole nitrogens is 1. The summed E-state index contributed by atoms with van der Waals surface area (Å²) < 4.78 is 46.2. The van der Waals surface area contributed by atoms with Crippen LogP contribution >= 0.6 is 0 Å². The van der Waals surface area contributed by atoms with Crippen molar-refractivity contribution in [2.24, 2.45) is 15.1 Å². The number of fused-ring (bicyclic) bond motifs is 1. The topological polar surface area (TPSA) is 81.5 Å². The van der Waals surface area contributed by atoms with Gasteiger partial charge in [-0.25, -0.2) is 15.0 Å². The average Bonchev–Trinajstić information content (AvgIpc) is 3.40. The number of nitrogens with zero attached hydrogens (tertiary/aromatic N) is 6. The van der Waals surface area contributed by atoms with Gasteiger partial charge in [-0.05, 0) is 38.3 Å². The molecule has 0 saturated carbocycles. The minimum absolute atomic E-state index is 0.0137. The lowest BCUT2D eigenvalue weighted by atomic mass is 10.1. The number of hydrazone groups is 1. The summed E-state index contributed by atoms with van der Waals surface area (Å²) in [6, 6.07) is 1.79. The molecule has 0 amide bonds. The molecular formula is C21H24F3N7O.